The van der Waals surface area contributed by atoms with Gasteiger partial charge < -0.3 is 16.0 Å². The molecule has 2 rings (SSSR count). The van der Waals surface area contributed by atoms with Gasteiger partial charge in [-0.15, -0.1) is 0 Å². The molecule has 0 bridgehead atoms. The zero-order valence-electron chi connectivity index (χ0n) is 18.0. The molecule has 0 spiro atoms. The summed E-state index contributed by atoms with van der Waals surface area (Å²) < 4.78 is 0. The van der Waals surface area contributed by atoms with Gasteiger partial charge in [-0.25, -0.2) is 0 Å². The number of likely N-dealkylation sites (N-methyl/N-ethyl adjacent to an activating group) is 1. The maximum atomic E-state index is 12.7. The highest BCUT2D eigenvalue weighted by atomic mass is 16.2. The summed E-state index contributed by atoms with van der Waals surface area (Å²) in [4.78, 5) is 38.1. The minimum absolute atomic E-state index is 0.0157. The van der Waals surface area contributed by atoms with Crippen LogP contribution in [0.4, 0.5) is 11.4 Å². The molecule has 1 aliphatic carbocycles. The summed E-state index contributed by atoms with van der Waals surface area (Å²) >= 11 is 0. The maximum absolute atomic E-state index is 12.7. The third-order valence-electron chi connectivity index (χ3n) is 5.61. The Morgan fingerprint density at radius 1 is 1.07 bits per heavy atom. The van der Waals surface area contributed by atoms with Gasteiger partial charge >= 0.3 is 0 Å². The normalized spacial score (nSPS) is 20.0. The number of carbonyl (C=O) groups is 3. The van der Waals surface area contributed by atoms with Crippen LogP contribution in [0.25, 0.3) is 0 Å². The number of rotatable bonds is 8. The van der Waals surface area contributed by atoms with E-state index in [9.17, 15) is 14.4 Å². The Hall–Kier alpha value is -2.41. The highest BCUT2D eigenvalue weighted by Crippen LogP contribution is 2.24. The van der Waals surface area contributed by atoms with Gasteiger partial charge in [-0.3, -0.25) is 19.3 Å². The van der Waals surface area contributed by atoms with Crippen LogP contribution in [0.2, 0.25) is 0 Å². The topological polar surface area (TPSA) is 90.5 Å². The molecule has 3 atom stereocenters. The molecule has 1 aliphatic rings. The largest absolute Gasteiger partial charge is 0.352 e. The zero-order valence-corrected chi connectivity index (χ0v) is 18.0. The Labute approximate surface area is 173 Å². The number of amides is 3. The number of hydrogen-bond donors (Lipinski definition) is 3. The van der Waals surface area contributed by atoms with Crippen molar-refractivity contribution in [3.05, 3.63) is 24.3 Å². The molecule has 0 saturated heterocycles. The predicted octanol–water partition coefficient (Wildman–Crippen LogP) is 2.99. The van der Waals surface area contributed by atoms with Crippen molar-refractivity contribution >= 4 is 29.1 Å². The number of anilines is 2. The van der Waals surface area contributed by atoms with Crippen LogP contribution in [-0.4, -0.2) is 47.8 Å². The van der Waals surface area contributed by atoms with Gasteiger partial charge in [0, 0.05) is 24.3 Å². The molecule has 7 heteroatoms. The van der Waals surface area contributed by atoms with Gasteiger partial charge in [-0.05, 0) is 56.5 Å². The molecule has 1 fully saturated rings. The van der Waals surface area contributed by atoms with E-state index < -0.39 is 0 Å². The smallest absolute Gasteiger partial charge is 0.238 e. The average Bonchev–Trinajstić information content (AvgIpc) is 2.68. The van der Waals surface area contributed by atoms with Crippen LogP contribution in [0.5, 0.6) is 0 Å². The quantitative estimate of drug-likeness (QED) is 0.623. The van der Waals surface area contributed by atoms with E-state index in [1.54, 1.807) is 24.3 Å². The van der Waals surface area contributed by atoms with Crippen LogP contribution in [0.1, 0.15) is 53.4 Å². The van der Waals surface area contributed by atoms with E-state index in [1.807, 2.05) is 18.7 Å². The van der Waals surface area contributed by atoms with Crippen molar-refractivity contribution in [2.24, 2.45) is 5.92 Å². The molecule has 3 N–H and O–H groups in total. The lowest BCUT2D eigenvalue weighted by Gasteiger charge is -2.33. The van der Waals surface area contributed by atoms with E-state index in [4.69, 9.17) is 0 Å². The second kappa shape index (κ2) is 11.0. The molecule has 7 nitrogen and oxygen atoms in total. The highest BCUT2D eigenvalue weighted by molar-refractivity contribution is 5.93. The standard InChI is InChI=1S/C22H34N4O3/c1-5-26(16(3)22(29)25-20-9-7-6-8-15(20)2)14-21(28)24-19-12-10-18(11-13-19)23-17(4)27/h10-13,15-16,20H,5-9,14H2,1-4H3,(H,23,27)(H,24,28)(H,25,29). The lowest BCUT2D eigenvalue weighted by Crippen LogP contribution is -2.51. The van der Waals surface area contributed by atoms with Gasteiger partial charge in [0.15, 0.2) is 0 Å². The van der Waals surface area contributed by atoms with Gasteiger partial charge in [0.2, 0.25) is 17.7 Å². The van der Waals surface area contributed by atoms with E-state index in [-0.39, 0.29) is 36.3 Å². The van der Waals surface area contributed by atoms with Crippen LogP contribution in [0.3, 0.4) is 0 Å². The Balaban J connectivity index is 1.87. The fraction of sp³-hybridized carbons (Fsp3) is 0.591. The van der Waals surface area contributed by atoms with Crippen LogP contribution >= 0.6 is 0 Å². The van der Waals surface area contributed by atoms with Crippen molar-refractivity contribution in [3.63, 3.8) is 0 Å². The summed E-state index contributed by atoms with van der Waals surface area (Å²) in [5, 5.41) is 8.71. The number of benzene rings is 1. The minimum atomic E-state index is -0.373. The van der Waals surface area contributed by atoms with Crippen molar-refractivity contribution in [1.82, 2.24) is 10.2 Å². The highest BCUT2D eigenvalue weighted by Gasteiger charge is 2.27. The van der Waals surface area contributed by atoms with Crippen LogP contribution in [0, 0.1) is 5.92 Å². The van der Waals surface area contributed by atoms with Crippen molar-refractivity contribution < 1.29 is 14.4 Å². The fourth-order valence-corrected chi connectivity index (χ4v) is 3.75. The molecule has 29 heavy (non-hydrogen) atoms. The van der Waals surface area contributed by atoms with Crippen LogP contribution in [0.15, 0.2) is 24.3 Å². The summed E-state index contributed by atoms with van der Waals surface area (Å²) in [6.07, 6.45) is 4.57. The summed E-state index contributed by atoms with van der Waals surface area (Å²) in [5.41, 5.74) is 1.32. The predicted molar refractivity (Wildman–Crippen MR) is 116 cm³/mol. The third-order valence-corrected chi connectivity index (χ3v) is 5.61. The van der Waals surface area contributed by atoms with Crippen molar-refractivity contribution in [2.75, 3.05) is 23.7 Å². The molecule has 1 aromatic rings. The van der Waals surface area contributed by atoms with Gasteiger partial charge in [0.25, 0.3) is 0 Å². The molecule has 0 radical (unpaired) electrons. The van der Waals surface area contributed by atoms with E-state index in [0.717, 1.165) is 19.3 Å². The third kappa shape index (κ3) is 7.16. The molecular formula is C22H34N4O3. The first-order chi connectivity index (χ1) is 13.8. The van der Waals surface area contributed by atoms with Gasteiger partial charge in [-0.2, -0.15) is 0 Å². The lowest BCUT2D eigenvalue weighted by atomic mass is 9.86. The summed E-state index contributed by atoms with van der Waals surface area (Å²) in [6.45, 7) is 8.17. The van der Waals surface area contributed by atoms with Crippen molar-refractivity contribution in [1.29, 1.82) is 0 Å². The molecule has 0 heterocycles. The molecular weight excluding hydrogens is 368 g/mol. The number of carbonyl (C=O) groups excluding carboxylic acids is 3. The Bertz CT molecular complexity index is 705. The zero-order chi connectivity index (χ0) is 21.4. The summed E-state index contributed by atoms with van der Waals surface area (Å²) in [6, 6.07) is 6.79. The number of hydrogen-bond acceptors (Lipinski definition) is 4. The average molecular weight is 403 g/mol. The van der Waals surface area contributed by atoms with E-state index in [0.29, 0.717) is 23.8 Å². The molecule has 1 aromatic carbocycles. The van der Waals surface area contributed by atoms with E-state index in [1.165, 1.54) is 13.3 Å². The number of nitrogens with zero attached hydrogens (tertiary/aromatic N) is 1. The van der Waals surface area contributed by atoms with Gasteiger partial charge in [0.1, 0.15) is 0 Å². The lowest BCUT2D eigenvalue weighted by molar-refractivity contribution is -0.128. The van der Waals surface area contributed by atoms with Crippen molar-refractivity contribution in [2.45, 2.75) is 65.5 Å². The Morgan fingerprint density at radius 2 is 1.66 bits per heavy atom. The molecule has 0 aliphatic heterocycles. The molecule has 3 amide bonds. The molecule has 3 unspecified atom stereocenters. The minimum Gasteiger partial charge on any atom is -0.352 e. The Kier molecular flexibility index (Phi) is 8.64. The van der Waals surface area contributed by atoms with Crippen LogP contribution < -0.4 is 16.0 Å². The molecule has 160 valence electrons. The molecule has 0 aromatic heterocycles. The maximum Gasteiger partial charge on any atom is 0.238 e. The first kappa shape index (κ1) is 22.9. The molecule has 1 saturated carbocycles. The van der Waals surface area contributed by atoms with Crippen molar-refractivity contribution in [3.8, 4) is 0 Å². The fourth-order valence-electron chi connectivity index (χ4n) is 3.75. The summed E-state index contributed by atoms with van der Waals surface area (Å²) in [7, 11) is 0. The second-order valence-electron chi connectivity index (χ2n) is 7.92. The Morgan fingerprint density at radius 3 is 2.21 bits per heavy atom. The second-order valence-corrected chi connectivity index (χ2v) is 7.92. The van der Waals surface area contributed by atoms with Crippen LogP contribution in [-0.2, 0) is 14.4 Å². The van der Waals surface area contributed by atoms with Gasteiger partial charge in [-0.1, -0.05) is 26.7 Å². The first-order valence-electron chi connectivity index (χ1n) is 10.5. The SMILES string of the molecule is CCN(CC(=O)Nc1ccc(NC(C)=O)cc1)C(C)C(=O)NC1CCCCC1C. The number of nitrogens with one attached hydrogen (secondary N) is 3. The van der Waals surface area contributed by atoms with E-state index >= 15 is 0 Å². The van der Waals surface area contributed by atoms with Gasteiger partial charge in [0.05, 0.1) is 12.6 Å². The summed E-state index contributed by atoms with van der Waals surface area (Å²) in [5.74, 6) is 0.164. The first-order valence-corrected chi connectivity index (χ1v) is 10.5. The van der Waals surface area contributed by atoms with E-state index in [2.05, 4.69) is 22.9 Å². The monoisotopic (exact) mass is 402 g/mol.